The first-order valence-electron chi connectivity index (χ1n) is 7.55. The van der Waals surface area contributed by atoms with Crippen LogP contribution in [0.15, 0.2) is 51.4 Å². The van der Waals surface area contributed by atoms with Crippen LogP contribution in [0.2, 0.25) is 0 Å². The smallest absolute Gasteiger partial charge is 0.148 e. The van der Waals surface area contributed by atoms with E-state index in [1.54, 1.807) is 0 Å². The molecule has 1 atom stereocenters. The SMILES string of the molecule is CC(C)Oc1c(Br)cc(CNC[C@H](O)c2ccccc2)cc1Br. The highest BCUT2D eigenvalue weighted by Crippen LogP contribution is 2.35. The van der Waals surface area contributed by atoms with Crippen LogP contribution in [-0.4, -0.2) is 17.8 Å². The predicted molar refractivity (Wildman–Crippen MR) is 101 cm³/mol. The summed E-state index contributed by atoms with van der Waals surface area (Å²) < 4.78 is 7.61. The zero-order valence-electron chi connectivity index (χ0n) is 13.2. The Kier molecular flexibility index (Phi) is 7.09. The zero-order valence-corrected chi connectivity index (χ0v) is 16.4. The lowest BCUT2D eigenvalue weighted by Crippen LogP contribution is -2.21. The second kappa shape index (κ2) is 8.83. The molecule has 0 amide bonds. The van der Waals surface area contributed by atoms with E-state index in [9.17, 15) is 5.11 Å². The Balaban J connectivity index is 1.93. The monoisotopic (exact) mass is 441 g/mol. The molecule has 0 heterocycles. The molecule has 0 aliphatic rings. The summed E-state index contributed by atoms with van der Waals surface area (Å²) in [6, 6.07) is 13.7. The van der Waals surface area contributed by atoms with Gasteiger partial charge in [-0.3, -0.25) is 0 Å². The van der Waals surface area contributed by atoms with Crippen LogP contribution in [0, 0.1) is 0 Å². The van der Waals surface area contributed by atoms with Crippen LogP contribution in [0.1, 0.15) is 31.1 Å². The minimum Gasteiger partial charge on any atom is -0.489 e. The standard InChI is InChI=1S/C18H21Br2NO2/c1-12(2)23-18-15(19)8-13(9-16(18)20)10-21-11-17(22)14-6-4-3-5-7-14/h3-9,12,17,21-22H,10-11H2,1-2H3/t17-/m0/s1. The fourth-order valence-electron chi connectivity index (χ4n) is 2.21. The van der Waals surface area contributed by atoms with Gasteiger partial charge in [-0.1, -0.05) is 30.3 Å². The van der Waals surface area contributed by atoms with E-state index in [2.05, 4.69) is 37.2 Å². The van der Waals surface area contributed by atoms with E-state index in [0.717, 1.165) is 25.8 Å². The van der Waals surface area contributed by atoms with E-state index in [1.165, 1.54) is 0 Å². The van der Waals surface area contributed by atoms with Crippen molar-refractivity contribution < 1.29 is 9.84 Å². The molecule has 0 aromatic heterocycles. The molecule has 2 aromatic carbocycles. The van der Waals surface area contributed by atoms with Crippen LogP contribution < -0.4 is 10.1 Å². The van der Waals surface area contributed by atoms with Gasteiger partial charge in [-0.15, -0.1) is 0 Å². The quantitative estimate of drug-likeness (QED) is 0.645. The molecule has 0 aliphatic carbocycles. The van der Waals surface area contributed by atoms with Gasteiger partial charge in [-0.25, -0.2) is 0 Å². The van der Waals surface area contributed by atoms with Crippen molar-refractivity contribution in [3.05, 3.63) is 62.5 Å². The van der Waals surface area contributed by atoms with E-state index < -0.39 is 6.10 Å². The molecular formula is C18H21Br2NO2. The van der Waals surface area contributed by atoms with E-state index in [1.807, 2.05) is 56.3 Å². The molecule has 0 aliphatic heterocycles. The lowest BCUT2D eigenvalue weighted by atomic mass is 10.1. The van der Waals surface area contributed by atoms with Crippen molar-refractivity contribution in [2.75, 3.05) is 6.54 Å². The number of rotatable bonds is 7. The van der Waals surface area contributed by atoms with Crippen LogP contribution >= 0.6 is 31.9 Å². The summed E-state index contributed by atoms with van der Waals surface area (Å²) in [6.45, 7) is 5.17. The van der Waals surface area contributed by atoms with Gasteiger partial charge in [0.1, 0.15) is 5.75 Å². The molecule has 0 unspecified atom stereocenters. The second-order valence-corrected chi connectivity index (χ2v) is 7.32. The number of benzene rings is 2. The lowest BCUT2D eigenvalue weighted by Gasteiger charge is -2.16. The van der Waals surface area contributed by atoms with E-state index in [0.29, 0.717) is 13.1 Å². The van der Waals surface area contributed by atoms with Crippen LogP contribution in [0.3, 0.4) is 0 Å². The molecule has 124 valence electrons. The highest BCUT2D eigenvalue weighted by Gasteiger charge is 2.11. The van der Waals surface area contributed by atoms with Gasteiger partial charge in [0.15, 0.2) is 0 Å². The Hall–Kier alpha value is -0.880. The maximum absolute atomic E-state index is 10.1. The Morgan fingerprint density at radius 3 is 2.26 bits per heavy atom. The molecule has 0 fully saturated rings. The molecule has 0 radical (unpaired) electrons. The molecule has 23 heavy (non-hydrogen) atoms. The largest absolute Gasteiger partial charge is 0.489 e. The van der Waals surface area contributed by atoms with Crippen molar-refractivity contribution in [1.82, 2.24) is 5.32 Å². The van der Waals surface area contributed by atoms with Crippen molar-refractivity contribution in [3.8, 4) is 5.75 Å². The molecule has 0 spiro atoms. The topological polar surface area (TPSA) is 41.5 Å². The Morgan fingerprint density at radius 1 is 1.09 bits per heavy atom. The van der Waals surface area contributed by atoms with Gasteiger partial charge >= 0.3 is 0 Å². The average molecular weight is 443 g/mol. The Labute approximate surface area is 154 Å². The predicted octanol–water partition coefficient (Wildman–Crippen LogP) is 4.82. The summed E-state index contributed by atoms with van der Waals surface area (Å²) in [7, 11) is 0. The fraction of sp³-hybridized carbons (Fsp3) is 0.333. The second-order valence-electron chi connectivity index (χ2n) is 5.61. The molecule has 2 aromatic rings. The van der Waals surface area contributed by atoms with Crippen LogP contribution in [0.25, 0.3) is 0 Å². The van der Waals surface area contributed by atoms with E-state index >= 15 is 0 Å². The average Bonchev–Trinajstić information content (AvgIpc) is 2.51. The van der Waals surface area contributed by atoms with E-state index in [4.69, 9.17) is 4.74 Å². The summed E-state index contributed by atoms with van der Waals surface area (Å²) in [5.74, 6) is 0.813. The molecule has 2 rings (SSSR count). The summed E-state index contributed by atoms with van der Waals surface area (Å²) in [4.78, 5) is 0. The van der Waals surface area contributed by atoms with Gasteiger partial charge < -0.3 is 15.2 Å². The highest BCUT2D eigenvalue weighted by atomic mass is 79.9. The molecule has 0 saturated carbocycles. The first-order chi connectivity index (χ1) is 11.0. The number of nitrogens with one attached hydrogen (secondary N) is 1. The number of aliphatic hydroxyl groups is 1. The third-order valence-electron chi connectivity index (χ3n) is 3.26. The highest BCUT2D eigenvalue weighted by molar-refractivity contribution is 9.11. The van der Waals surface area contributed by atoms with Gasteiger partial charge in [0.05, 0.1) is 21.2 Å². The summed E-state index contributed by atoms with van der Waals surface area (Å²) >= 11 is 7.10. The molecular weight excluding hydrogens is 422 g/mol. The minimum absolute atomic E-state index is 0.118. The maximum atomic E-state index is 10.1. The molecule has 5 heteroatoms. The van der Waals surface area contributed by atoms with Crippen molar-refractivity contribution in [3.63, 3.8) is 0 Å². The van der Waals surface area contributed by atoms with Crippen LogP contribution in [0.5, 0.6) is 5.75 Å². The number of halogens is 2. The van der Waals surface area contributed by atoms with Crippen molar-refractivity contribution >= 4 is 31.9 Å². The van der Waals surface area contributed by atoms with Gasteiger partial charge in [0, 0.05) is 13.1 Å². The summed E-state index contributed by atoms with van der Waals surface area (Å²) in [5.41, 5.74) is 2.03. The van der Waals surface area contributed by atoms with Gasteiger partial charge in [0.2, 0.25) is 0 Å². The van der Waals surface area contributed by atoms with Crippen LogP contribution in [-0.2, 0) is 6.54 Å². The lowest BCUT2D eigenvalue weighted by molar-refractivity contribution is 0.174. The minimum atomic E-state index is -0.508. The normalized spacial score (nSPS) is 12.4. The molecule has 3 nitrogen and oxygen atoms in total. The molecule has 0 bridgehead atoms. The maximum Gasteiger partial charge on any atom is 0.148 e. The summed E-state index contributed by atoms with van der Waals surface area (Å²) in [6.07, 6.45) is -0.390. The number of ether oxygens (including phenoxy) is 1. The number of hydrogen-bond donors (Lipinski definition) is 2. The van der Waals surface area contributed by atoms with Gasteiger partial charge in [-0.05, 0) is 69.0 Å². The van der Waals surface area contributed by atoms with Gasteiger partial charge in [-0.2, -0.15) is 0 Å². The molecule has 0 saturated heterocycles. The Bertz CT molecular complexity index is 609. The Morgan fingerprint density at radius 2 is 1.70 bits per heavy atom. The van der Waals surface area contributed by atoms with E-state index in [-0.39, 0.29) is 6.10 Å². The fourth-order valence-corrected chi connectivity index (χ4v) is 3.68. The third-order valence-corrected chi connectivity index (χ3v) is 4.44. The van der Waals surface area contributed by atoms with Crippen molar-refractivity contribution in [2.24, 2.45) is 0 Å². The van der Waals surface area contributed by atoms with Crippen molar-refractivity contribution in [1.29, 1.82) is 0 Å². The number of aliphatic hydroxyl groups excluding tert-OH is 1. The molecule has 2 N–H and O–H groups in total. The van der Waals surface area contributed by atoms with Crippen LogP contribution in [0.4, 0.5) is 0 Å². The number of hydrogen-bond acceptors (Lipinski definition) is 3. The first-order valence-corrected chi connectivity index (χ1v) is 9.14. The zero-order chi connectivity index (χ0) is 16.8. The first kappa shape index (κ1) is 18.5. The summed E-state index contributed by atoms with van der Waals surface area (Å²) in [5, 5.41) is 13.4. The van der Waals surface area contributed by atoms with Gasteiger partial charge in [0.25, 0.3) is 0 Å². The van der Waals surface area contributed by atoms with Crippen molar-refractivity contribution in [2.45, 2.75) is 32.6 Å². The third kappa shape index (κ3) is 5.60.